The Hall–Kier alpha value is 0. The maximum absolute atomic E-state index is 2.45. The summed E-state index contributed by atoms with van der Waals surface area (Å²) in [7, 11) is 0. The van der Waals surface area contributed by atoms with Crippen LogP contribution in [0.1, 0.15) is 47.0 Å². The first-order valence-corrected chi connectivity index (χ1v) is 4.57. The van der Waals surface area contributed by atoms with Gasteiger partial charge >= 0.3 is 0 Å². The molecule has 1 fully saturated rings. The normalized spacial score (nSPS) is 41.1. The van der Waals surface area contributed by atoms with E-state index in [4.69, 9.17) is 0 Å². The standard InChI is InChI=1S/C10H20/c1-8(2)10(4)7-5-6-9(10)3/h8-9H,5-7H2,1-4H3. The zero-order valence-corrected chi connectivity index (χ0v) is 7.78. The summed E-state index contributed by atoms with van der Waals surface area (Å²) in [5.41, 5.74) is 0.653. The van der Waals surface area contributed by atoms with Crippen LogP contribution < -0.4 is 0 Å². The van der Waals surface area contributed by atoms with Gasteiger partial charge in [-0.25, -0.2) is 0 Å². The van der Waals surface area contributed by atoms with Crippen LogP contribution in [0.3, 0.4) is 0 Å². The first kappa shape index (κ1) is 8.10. The fourth-order valence-corrected chi connectivity index (χ4v) is 2.22. The molecule has 1 saturated carbocycles. The van der Waals surface area contributed by atoms with Crippen molar-refractivity contribution in [3.63, 3.8) is 0 Å². The molecule has 0 spiro atoms. The minimum Gasteiger partial charge on any atom is -0.0622 e. The van der Waals surface area contributed by atoms with Gasteiger partial charge < -0.3 is 0 Å². The Bertz CT molecular complexity index is 115. The van der Waals surface area contributed by atoms with E-state index in [-0.39, 0.29) is 0 Å². The van der Waals surface area contributed by atoms with E-state index < -0.39 is 0 Å². The number of rotatable bonds is 1. The van der Waals surface area contributed by atoms with E-state index in [1.165, 1.54) is 19.3 Å². The quantitative estimate of drug-likeness (QED) is 0.523. The number of hydrogen-bond donors (Lipinski definition) is 0. The zero-order valence-electron chi connectivity index (χ0n) is 7.78. The van der Waals surface area contributed by atoms with Gasteiger partial charge in [0.2, 0.25) is 0 Å². The Kier molecular flexibility index (Phi) is 2.07. The zero-order chi connectivity index (χ0) is 7.78. The van der Waals surface area contributed by atoms with Gasteiger partial charge in [-0.2, -0.15) is 0 Å². The van der Waals surface area contributed by atoms with Gasteiger partial charge in [-0.15, -0.1) is 0 Å². The molecular formula is C10H20. The molecule has 60 valence electrons. The van der Waals surface area contributed by atoms with Gasteiger partial charge in [-0.05, 0) is 23.7 Å². The maximum Gasteiger partial charge on any atom is -0.0277 e. The van der Waals surface area contributed by atoms with Crippen molar-refractivity contribution >= 4 is 0 Å². The molecule has 0 nitrogen and oxygen atoms in total. The third-order valence-electron chi connectivity index (χ3n) is 3.80. The molecule has 0 aromatic heterocycles. The molecule has 0 heterocycles. The summed E-state index contributed by atoms with van der Waals surface area (Å²) in [5, 5.41) is 0. The Morgan fingerprint density at radius 2 is 2.00 bits per heavy atom. The maximum atomic E-state index is 2.45. The molecular weight excluding hydrogens is 120 g/mol. The van der Waals surface area contributed by atoms with Crippen molar-refractivity contribution in [3.05, 3.63) is 0 Å². The predicted octanol–water partition coefficient (Wildman–Crippen LogP) is 3.47. The first-order chi connectivity index (χ1) is 4.57. The van der Waals surface area contributed by atoms with Crippen LogP contribution in [0.4, 0.5) is 0 Å². The lowest BCUT2D eigenvalue weighted by atomic mass is 9.72. The van der Waals surface area contributed by atoms with Crippen molar-refractivity contribution in [2.24, 2.45) is 17.3 Å². The second-order valence-corrected chi connectivity index (χ2v) is 4.45. The Balaban J connectivity index is 2.66. The fraction of sp³-hybridized carbons (Fsp3) is 1.00. The van der Waals surface area contributed by atoms with Crippen molar-refractivity contribution in [1.29, 1.82) is 0 Å². The molecule has 1 aliphatic carbocycles. The molecule has 0 aromatic rings. The van der Waals surface area contributed by atoms with Crippen LogP contribution in [0.15, 0.2) is 0 Å². The molecule has 0 N–H and O–H groups in total. The van der Waals surface area contributed by atoms with E-state index in [1.54, 1.807) is 0 Å². The highest BCUT2D eigenvalue weighted by Gasteiger charge is 2.37. The van der Waals surface area contributed by atoms with Crippen LogP contribution in [0.2, 0.25) is 0 Å². The van der Waals surface area contributed by atoms with Crippen molar-refractivity contribution in [2.45, 2.75) is 47.0 Å². The lowest BCUT2D eigenvalue weighted by molar-refractivity contribution is 0.161. The summed E-state index contributed by atoms with van der Waals surface area (Å²) in [4.78, 5) is 0. The third-order valence-corrected chi connectivity index (χ3v) is 3.80. The molecule has 0 saturated heterocycles. The van der Waals surface area contributed by atoms with Gasteiger partial charge in [-0.3, -0.25) is 0 Å². The number of hydrogen-bond acceptors (Lipinski definition) is 0. The van der Waals surface area contributed by atoms with Gasteiger partial charge in [0, 0.05) is 0 Å². The van der Waals surface area contributed by atoms with Gasteiger partial charge in [0.1, 0.15) is 0 Å². The Labute approximate surface area is 65.0 Å². The molecule has 1 rings (SSSR count). The highest BCUT2D eigenvalue weighted by atomic mass is 14.4. The summed E-state index contributed by atoms with van der Waals surface area (Å²) in [6, 6.07) is 0. The smallest absolute Gasteiger partial charge is 0.0277 e. The van der Waals surface area contributed by atoms with Crippen LogP contribution in [-0.2, 0) is 0 Å². The largest absolute Gasteiger partial charge is 0.0622 e. The van der Waals surface area contributed by atoms with Crippen LogP contribution in [-0.4, -0.2) is 0 Å². The molecule has 2 unspecified atom stereocenters. The summed E-state index contributed by atoms with van der Waals surface area (Å²) in [6.45, 7) is 9.59. The van der Waals surface area contributed by atoms with Crippen molar-refractivity contribution in [2.75, 3.05) is 0 Å². The first-order valence-electron chi connectivity index (χ1n) is 4.57. The molecule has 0 bridgehead atoms. The SMILES string of the molecule is CC(C)C1(C)CCCC1C. The Morgan fingerprint density at radius 3 is 2.20 bits per heavy atom. The van der Waals surface area contributed by atoms with Crippen LogP contribution in [0.5, 0.6) is 0 Å². The lowest BCUT2D eigenvalue weighted by Crippen LogP contribution is -2.25. The average molecular weight is 140 g/mol. The fourth-order valence-electron chi connectivity index (χ4n) is 2.22. The van der Waals surface area contributed by atoms with Crippen molar-refractivity contribution < 1.29 is 0 Å². The molecule has 0 aromatic carbocycles. The van der Waals surface area contributed by atoms with E-state index in [1.807, 2.05) is 0 Å². The lowest BCUT2D eigenvalue weighted by Gasteiger charge is -2.33. The van der Waals surface area contributed by atoms with E-state index in [0.29, 0.717) is 5.41 Å². The van der Waals surface area contributed by atoms with E-state index in [0.717, 1.165) is 11.8 Å². The summed E-state index contributed by atoms with van der Waals surface area (Å²) in [5.74, 6) is 1.82. The van der Waals surface area contributed by atoms with Gasteiger partial charge in [0.05, 0.1) is 0 Å². The molecule has 0 heteroatoms. The van der Waals surface area contributed by atoms with Crippen molar-refractivity contribution in [1.82, 2.24) is 0 Å². The van der Waals surface area contributed by atoms with Gasteiger partial charge in [0.15, 0.2) is 0 Å². The van der Waals surface area contributed by atoms with E-state index >= 15 is 0 Å². The molecule has 1 aliphatic rings. The monoisotopic (exact) mass is 140 g/mol. The van der Waals surface area contributed by atoms with Crippen molar-refractivity contribution in [3.8, 4) is 0 Å². The second kappa shape index (κ2) is 2.56. The molecule has 10 heavy (non-hydrogen) atoms. The van der Waals surface area contributed by atoms with Crippen LogP contribution >= 0.6 is 0 Å². The molecule has 0 amide bonds. The van der Waals surface area contributed by atoms with Gasteiger partial charge in [0.25, 0.3) is 0 Å². The van der Waals surface area contributed by atoms with Crippen LogP contribution in [0.25, 0.3) is 0 Å². The van der Waals surface area contributed by atoms with E-state index in [9.17, 15) is 0 Å². The van der Waals surface area contributed by atoms with Gasteiger partial charge in [-0.1, -0.05) is 40.5 Å². The summed E-state index contributed by atoms with van der Waals surface area (Å²) < 4.78 is 0. The minimum atomic E-state index is 0.653. The molecule has 0 aliphatic heterocycles. The highest BCUT2D eigenvalue weighted by molar-refractivity contribution is 4.88. The summed E-state index contributed by atoms with van der Waals surface area (Å²) >= 11 is 0. The third kappa shape index (κ3) is 1.09. The average Bonchev–Trinajstić information content (AvgIpc) is 2.15. The minimum absolute atomic E-state index is 0.653. The van der Waals surface area contributed by atoms with E-state index in [2.05, 4.69) is 27.7 Å². The summed E-state index contributed by atoms with van der Waals surface area (Å²) in [6.07, 6.45) is 4.36. The molecule has 0 radical (unpaired) electrons. The second-order valence-electron chi connectivity index (χ2n) is 4.45. The van der Waals surface area contributed by atoms with Crippen LogP contribution in [0, 0.1) is 17.3 Å². The topological polar surface area (TPSA) is 0 Å². The highest BCUT2D eigenvalue weighted by Crippen LogP contribution is 2.47. The Morgan fingerprint density at radius 1 is 1.40 bits per heavy atom. The predicted molar refractivity (Wildman–Crippen MR) is 46.0 cm³/mol. The molecule has 2 atom stereocenters.